The van der Waals surface area contributed by atoms with Crippen molar-refractivity contribution in [3.05, 3.63) is 65.2 Å². The van der Waals surface area contributed by atoms with Crippen molar-refractivity contribution in [1.82, 2.24) is 0 Å². The highest BCUT2D eigenvalue weighted by molar-refractivity contribution is 5.58. The summed E-state index contributed by atoms with van der Waals surface area (Å²) in [6, 6.07) is 18.6. The Morgan fingerprint density at radius 1 is 1.11 bits per heavy atom. The summed E-state index contributed by atoms with van der Waals surface area (Å²) in [6.07, 6.45) is 0.975. The lowest BCUT2D eigenvalue weighted by molar-refractivity contribution is 0.749. The maximum Gasteiger partial charge on any atom is 0.101 e. The van der Waals surface area contributed by atoms with E-state index in [1.807, 2.05) is 24.3 Å². The Morgan fingerprint density at radius 3 is 2.42 bits per heavy atom. The number of aryl methyl sites for hydroxylation is 1. The summed E-state index contributed by atoms with van der Waals surface area (Å²) >= 11 is 0. The normalized spacial score (nSPS) is 11.6. The van der Waals surface area contributed by atoms with E-state index in [9.17, 15) is 0 Å². The van der Waals surface area contributed by atoms with Crippen LogP contribution in [0.3, 0.4) is 0 Å². The number of nitrogens with one attached hydrogen (secondary N) is 1. The van der Waals surface area contributed by atoms with Crippen molar-refractivity contribution in [2.45, 2.75) is 26.3 Å². The number of nitriles is 1. The summed E-state index contributed by atoms with van der Waals surface area (Å²) in [6.45, 7) is 4.23. The first kappa shape index (κ1) is 13.2. The molecule has 0 radical (unpaired) electrons. The molecule has 2 aromatic carbocycles. The molecule has 1 atom stereocenters. The molecule has 0 bridgehead atoms. The van der Waals surface area contributed by atoms with Gasteiger partial charge in [-0.05, 0) is 31.0 Å². The third-order valence-corrected chi connectivity index (χ3v) is 3.27. The van der Waals surface area contributed by atoms with Crippen molar-refractivity contribution in [1.29, 1.82) is 5.26 Å². The van der Waals surface area contributed by atoms with Crippen LogP contribution in [-0.2, 0) is 0 Å². The fraction of sp³-hybridized carbons (Fsp3) is 0.235. The quantitative estimate of drug-likeness (QED) is 0.871. The first-order chi connectivity index (χ1) is 9.24. The second-order valence-electron chi connectivity index (χ2n) is 4.67. The van der Waals surface area contributed by atoms with Gasteiger partial charge >= 0.3 is 0 Å². The number of hydrogen-bond acceptors (Lipinski definition) is 2. The Labute approximate surface area is 114 Å². The smallest absolute Gasteiger partial charge is 0.101 e. The number of para-hydroxylation sites is 1. The molecule has 0 fully saturated rings. The molecule has 0 saturated carbocycles. The summed E-state index contributed by atoms with van der Waals surface area (Å²) in [4.78, 5) is 0. The van der Waals surface area contributed by atoms with Gasteiger partial charge in [0, 0.05) is 0 Å². The molecule has 0 spiro atoms. The van der Waals surface area contributed by atoms with Gasteiger partial charge in [-0.25, -0.2) is 0 Å². The van der Waals surface area contributed by atoms with Gasteiger partial charge < -0.3 is 5.32 Å². The molecular weight excluding hydrogens is 232 g/mol. The molecule has 96 valence electrons. The molecule has 2 rings (SSSR count). The van der Waals surface area contributed by atoms with E-state index in [0.29, 0.717) is 5.56 Å². The van der Waals surface area contributed by atoms with Crippen LogP contribution >= 0.6 is 0 Å². The molecule has 0 amide bonds. The third-order valence-electron chi connectivity index (χ3n) is 3.27. The first-order valence-corrected chi connectivity index (χ1v) is 6.57. The van der Waals surface area contributed by atoms with Gasteiger partial charge in [0.15, 0.2) is 0 Å². The Hall–Kier alpha value is -2.27. The maximum atomic E-state index is 9.12. The molecule has 0 aromatic heterocycles. The van der Waals surface area contributed by atoms with Crippen molar-refractivity contribution >= 4 is 5.69 Å². The zero-order valence-corrected chi connectivity index (χ0v) is 11.4. The Balaban J connectivity index is 2.24. The third kappa shape index (κ3) is 3.14. The van der Waals surface area contributed by atoms with E-state index in [-0.39, 0.29) is 6.04 Å². The van der Waals surface area contributed by atoms with Gasteiger partial charge in [0.25, 0.3) is 0 Å². The molecule has 0 heterocycles. The molecule has 2 aromatic rings. The molecule has 2 heteroatoms. The Bertz CT molecular complexity index is 579. The van der Waals surface area contributed by atoms with Gasteiger partial charge in [-0.2, -0.15) is 5.26 Å². The van der Waals surface area contributed by atoms with E-state index in [4.69, 9.17) is 5.26 Å². The number of nitrogens with zero attached hydrogens (tertiary/aromatic N) is 1. The highest BCUT2D eigenvalue weighted by Gasteiger charge is 2.10. The van der Waals surface area contributed by atoms with E-state index in [0.717, 1.165) is 12.1 Å². The average Bonchev–Trinajstić information content (AvgIpc) is 2.46. The minimum absolute atomic E-state index is 0.232. The van der Waals surface area contributed by atoms with Crippen LogP contribution in [0.5, 0.6) is 0 Å². The van der Waals surface area contributed by atoms with Gasteiger partial charge in [0.05, 0.1) is 17.3 Å². The van der Waals surface area contributed by atoms with E-state index in [2.05, 4.69) is 49.5 Å². The van der Waals surface area contributed by atoms with Crippen LogP contribution in [0.1, 0.15) is 36.1 Å². The second-order valence-corrected chi connectivity index (χ2v) is 4.67. The molecule has 0 aliphatic heterocycles. The molecule has 2 nitrogen and oxygen atoms in total. The highest BCUT2D eigenvalue weighted by atomic mass is 14.9. The molecule has 19 heavy (non-hydrogen) atoms. The summed E-state index contributed by atoms with van der Waals surface area (Å²) in [7, 11) is 0. The fourth-order valence-corrected chi connectivity index (χ4v) is 2.11. The van der Waals surface area contributed by atoms with Gasteiger partial charge in [-0.1, -0.05) is 48.9 Å². The maximum absolute atomic E-state index is 9.12. The largest absolute Gasteiger partial charge is 0.377 e. The van der Waals surface area contributed by atoms with Crippen LogP contribution in [0.2, 0.25) is 0 Å². The number of rotatable bonds is 4. The van der Waals surface area contributed by atoms with E-state index in [1.165, 1.54) is 11.1 Å². The molecule has 1 unspecified atom stereocenters. The molecule has 0 saturated heterocycles. The van der Waals surface area contributed by atoms with Crippen molar-refractivity contribution in [3.8, 4) is 6.07 Å². The van der Waals surface area contributed by atoms with E-state index in [1.54, 1.807) is 0 Å². The lowest BCUT2D eigenvalue weighted by Crippen LogP contribution is -2.10. The van der Waals surface area contributed by atoms with Crippen LogP contribution in [-0.4, -0.2) is 0 Å². The number of benzene rings is 2. The minimum Gasteiger partial charge on any atom is -0.377 e. The Kier molecular flexibility index (Phi) is 4.20. The topological polar surface area (TPSA) is 35.8 Å². The predicted molar refractivity (Wildman–Crippen MR) is 79.0 cm³/mol. The molecular formula is C17H18N2. The van der Waals surface area contributed by atoms with Crippen LogP contribution < -0.4 is 5.32 Å². The second kappa shape index (κ2) is 6.06. The number of anilines is 1. The summed E-state index contributed by atoms with van der Waals surface area (Å²) in [5, 5.41) is 12.6. The van der Waals surface area contributed by atoms with Crippen molar-refractivity contribution in [2.75, 3.05) is 5.32 Å². The monoisotopic (exact) mass is 250 g/mol. The lowest BCUT2D eigenvalue weighted by Gasteiger charge is -2.19. The standard InChI is InChI=1S/C17H18N2/c1-3-16(14-10-8-13(2)9-11-14)19-17-7-5-4-6-15(17)12-18/h4-11,16,19H,3H2,1-2H3. The van der Waals surface area contributed by atoms with E-state index >= 15 is 0 Å². The zero-order chi connectivity index (χ0) is 13.7. The predicted octanol–water partition coefficient (Wildman–Crippen LogP) is 4.43. The number of hydrogen-bond donors (Lipinski definition) is 1. The Morgan fingerprint density at radius 2 is 1.79 bits per heavy atom. The van der Waals surface area contributed by atoms with E-state index < -0.39 is 0 Å². The summed E-state index contributed by atoms with van der Waals surface area (Å²) in [5.41, 5.74) is 4.10. The SMILES string of the molecule is CCC(Nc1ccccc1C#N)c1ccc(C)cc1. The van der Waals surface area contributed by atoms with Crippen LogP contribution in [0.25, 0.3) is 0 Å². The molecule has 1 N–H and O–H groups in total. The first-order valence-electron chi connectivity index (χ1n) is 6.57. The van der Waals surface area contributed by atoms with Crippen LogP contribution in [0.4, 0.5) is 5.69 Å². The van der Waals surface area contributed by atoms with Gasteiger partial charge in [-0.3, -0.25) is 0 Å². The van der Waals surface area contributed by atoms with Crippen molar-refractivity contribution < 1.29 is 0 Å². The summed E-state index contributed by atoms with van der Waals surface area (Å²) in [5.74, 6) is 0. The lowest BCUT2D eigenvalue weighted by atomic mass is 10.0. The van der Waals surface area contributed by atoms with Crippen LogP contribution in [0, 0.1) is 18.3 Å². The van der Waals surface area contributed by atoms with Crippen molar-refractivity contribution in [2.24, 2.45) is 0 Å². The van der Waals surface area contributed by atoms with Crippen LogP contribution in [0.15, 0.2) is 48.5 Å². The minimum atomic E-state index is 0.232. The zero-order valence-electron chi connectivity index (χ0n) is 11.4. The van der Waals surface area contributed by atoms with Gasteiger partial charge in [0.1, 0.15) is 6.07 Å². The van der Waals surface area contributed by atoms with Crippen molar-refractivity contribution in [3.63, 3.8) is 0 Å². The average molecular weight is 250 g/mol. The van der Waals surface area contributed by atoms with Gasteiger partial charge in [-0.15, -0.1) is 0 Å². The summed E-state index contributed by atoms with van der Waals surface area (Å²) < 4.78 is 0. The molecule has 0 aliphatic rings. The molecule has 0 aliphatic carbocycles. The fourth-order valence-electron chi connectivity index (χ4n) is 2.11. The van der Waals surface area contributed by atoms with Gasteiger partial charge in [0.2, 0.25) is 0 Å². The highest BCUT2D eigenvalue weighted by Crippen LogP contribution is 2.24.